The summed E-state index contributed by atoms with van der Waals surface area (Å²) in [6.45, 7) is 0. The first-order valence-electron chi connectivity index (χ1n) is 4.26. The van der Waals surface area contributed by atoms with Crippen molar-refractivity contribution in [2.75, 3.05) is 0 Å². The van der Waals surface area contributed by atoms with Gasteiger partial charge in [-0.2, -0.15) is 5.10 Å². The van der Waals surface area contributed by atoms with Crippen molar-refractivity contribution in [3.8, 4) is 0 Å². The fourth-order valence-electron chi connectivity index (χ4n) is 0.917. The summed E-state index contributed by atoms with van der Waals surface area (Å²) in [5.41, 5.74) is 3.90. The van der Waals surface area contributed by atoms with E-state index in [9.17, 15) is 0 Å². The number of hydrogen-bond donors (Lipinski definition) is 1. The van der Waals surface area contributed by atoms with Crippen molar-refractivity contribution in [3.63, 3.8) is 0 Å². The molecule has 0 amide bonds. The average Bonchev–Trinajstić information content (AvgIpc) is 2.88. The third kappa shape index (κ3) is 2.81. The molecular weight excluding hydrogens is 230 g/mol. The summed E-state index contributed by atoms with van der Waals surface area (Å²) in [4.78, 5) is 4.22. The predicted octanol–water partition coefficient (Wildman–Crippen LogP) is 1.93. The Kier molecular flexibility index (Phi) is 2.59. The first-order chi connectivity index (χ1) is 6.34. The molecule has 0 atom stereocenters. The summed E-state index contributed by atoms with van der Waals surface area (Å²) in [6.07, 6.45) is 4.22. The second-order valence-electron chi connectivity index (χ2n) is 3.05. The van der Waals surface area contributed by atoms with Crippen molar-refractivity contribution in [3.05, 3.63) is 28.5 Å². The molecule has 1 fully saturated rings. The predicted molar refractivity (Wildman–Crippen MR) is 55.7 cm³/mol. The Bertz CT molecular complexity index is 320. The van der Waals surface area contributed by atoms with E-state index in [-0.39, 0.29) is 0 Å². The lowest BCUT2D eigenvalue weighted by atomic mass is 10.4. The molecule has 2 rings (SSSR count). The van der Waals surface area contributed by atoms with Gasteiger partial charge in [-0.15, -0.1) is 0 Å². The van der Waals surface area contributed by atoms with Crippen LogP contribution in [0.5, 0.6) is 0 Å². The summed E-state index contributed by atoms with van der Waals surface area (Å²) in [7, 11) is 0. The minimum atomic E-state index is 0.600. The van der Waals surface area contributed by atoms with Crippen molar-refractivity contribution < 1.29 is 0 Å². The molecule has 4 heteroatoms. The van der Waals surface area contributed by atoms with Crippen LogP contribution in [0.25, 0.3) is 0 Å². The number of hydrogen-bond acceptors (Lipinski definition) is 3. The van der Waals surface area contributed by atoms with Crippen LogP contribution >= 0.6 is 15.9 Å². The summed E-state index contributed by atoms with van der Waals surface area (Å²) >= 11 is 3.30. The Morgan fingerprint density at radius 2 is 2.38 bits per heavy atom. The lowest BCUT2D eigenvalue weighted by molar-refractivity contribution is 0.741. The molecule has 0 unspecified atom stereocenters. The molecule has 0 bridgehead atoms. The maximum atomic E-state index is 4.22. The van der Waals surface area contributed by atoms with E-state index in [0.29, 0.717) is 6.04 Å². The highest BCUT2D eigenvalue weighted by Gasteiger charge is 2.19. The standard InChI is InChI=1S/C9H10BrN3/c10-9-3-1-2-8(12-9)6-11-13-7-4-5-7/h1-3,6-7,13H,4-5H2/b11-6+. The molecule has 3 nitrogen and oxygen atoms in total. The molecule has 1 aromatic rings. The molecule has 68 valence electrons. The molecule has 0 radical (unpaired) electrons. The first-order valence-corrected chi connectivity index (χ1v) is 5.05. The second kappa shape index (κ2) is 3.87. The van der Waals surface area contributed by atoms with E-state index < -0.39 is 0 Å². The lowest BCUT2D eigenvalue weighted by Crippen LogP contribution is -2.07. The number of hydrazone groups is 1. The summed E-state index contributed by atoms with van der Waals surface area (Å²) in [6, 6.07) is 6.35. The maximum absolute atomic E-state index is 4.22. The Hall–Kier alpha value is -0.900. The van der Waals surface area contributed by atoms with Gasteiger partial charge in [0.25, 0.3) is 0 Å². The average molecular weight is 240 g/mol. The van der Waals surface area contributed by atoms with Crippen LogP contribution < -0.4 is 5.43 Å². The van der Waals surface area contributed by atoms with Crippen molar-refractivity contribution in [1.82, 2.24) is 10.4 Å². The van der Waals surface area contributed by atoms with E-state index in [1.54, 1.807) is 6.21 Å². The first kappa shape index (κ1) is 8.69. The molecule has 1 aliphatic rings. The smallest absolute Gasteiger partial charge is 0.106 e. The van der Waals surface area contributed by atoms with E-state index in [1.165, 1.54) is 12.8 Å². The molecule has 1 heterocycles. The fourth-order valence-corrected chi connectivity index (χ4v) is 1.27. The van der Waals surface area contributed by atoms with E-state index >= 15 is 0 Å². The second-order valence-corrected chi connectivity index (χ2v) is 3.86. The minimum Gasteiger partial charge on any atom is -0.307 e. The van der Waals surface area contributed by atoms with Gasteiger partial charge in [-0.1, -0.05) is 6.07 Å². The molecule has 0 aromatic carbocycles. The quantitative estimate of drug-likeness (QED) is 0.498. The van der Waals surface area contributed by atoms with Gasteiger partial charge in [0.1, 0.15) is 4.60 Å². The van der Waals surface area contributed by atoms with Crippen LogP contribution in [-0.2, 0) is 0 Å². The van der Waals surface area contributed by atoms with Gasteiger partial charge in [-0.3, -0.25) is 0 Å². The van der Waals surface area contributed by atoms with Crippen LogP contribution in [0, 0.1) is 0 Å². The molecule has 1 aliphatic carbocycles. The van der Waals surface area contributed by atoms with Crippen molar-refractivity contribution in [1.29, 1.82) is 0 Å². The van der Waals surface area contributed by atoms with Gasteiger partial charge < -0.3 is 5.43 Å². The molecule has 13 heavy (non-hydrogen) atoms. The Labute approximate surface area is 85.4 Å². The van der Waals surface area contributed by atoms with Crippen LogP contribution in [-0.4, -0.2) is 17.2 Å². The fraction of sp³-hybridized carbons (Fsp3) is 0.333. The zero-order valence-electron chi connectivity index (χ0n) is 7.07. The van der Waals surface area contributed by atoms with Gasteiger partial charge in [0.05, 0.1) is 11.9 Å². The number of nitrogens with zero attached hydrogens (tertiary/aromatic N) is 2. The zero-order valence-corrected chi connectivity index (χ0v) is 8.66. The Morgan fingerprint density at radius 3 is 3.08 bits per heavy atom. The maximum Gasteiger partial charge on any atom is 0.106 e. The van der Waals surface area contributed by atoms with Crippen LogP contribution in [0.15, 0.2) is 27.9 Å². The largest absolute Gasteiger partial charge is 0.307 e. The van der Waals surface area contributed by atoms with Gasteiger partial charge in [0.2, 0.25) is 0 Å². The summed E-state index contributed by atoms with van der Waals surface area (Å²) in [5.74, 6) is 0. The number of nitrogens with one attached hydrogen (secondary N) is 1. The third-order valence-corrected chi connectivity index (χ3v) is 2.21. The normalized spacial score (nSPS) is 16.4. The molecule has 0 spiro atoms. The van der Waals surface area contributed by atoms with Crippen LogP contribution in [0.1, 0.15) is 18.5 Å². The lowest BCUT2D eigenvalue weighted by Gasteiger charge is -1.94. The van der Waals surface area contributed by atoms with Crippen molar-refractivity contribution in [2.24, 2.45) is 5.10 Å². The topological polar surface area (TPSA) is 37.3 Å². The van der Waals surface area contributed by atoms with Crippen molar-refractivity contribution >= 4 is 22.1 Å². The van der Waals surface area contributed by atoms with E-state index in [0.717, 1.165) is 10.3 Å². The van der Waals surface area contributed by atoms with E-state index in [2.05, 4.69) is 31.4 Å². The summed E-state index contributed by atoms with van der Waals surface area (Å²) < 4.78 is 0.836. The monoisotopic (exact) mass is 239 g/mol. The number of pyridine rings is 1. The molecule has 0 aliphatic heterocycles. The van der Waals surface area contributed by atoms with Gasteiger partial charge in [-0.05, 0) is 40.9 Å². The van der Waals surface area contributed by atoms with Gasteiger partial charge in [0, 0.05) is 6.04 Å². The number of halogens is 1. The van der Waals surface area contributed by atoms with Crippen molar-refractivity contribution in [2.45, 2.75) is 18.9 Å². The molecular formula is C9H10BrN3. The van der Waals surface area contributed by atoms with Gasteiger partial charge >= 0.3 is 0 Å². The SMILES string of the molecule is Brc1cccc(/C=N/NC2CC2)n1. The molecule has 1 aromatic heterocycles. The van der Waals surface area contributed by atoms with Gasteiger partial charge in [0.15, 0.2) is 0 Å². The highest BCUT2D eigenvalue weighted by molar-refractivity contribution is 9.10. The molecule has 1 N–H and O–H groups in total. The van der Waals surface area contributed by atoms with Crippen LogP contribution in [0.3, 0.4) is 0 Å². The van der Waals surface area contributed by atoms with E-state index in [1.807, 2.05) is 18.2 Å². The van der Waals surface area contributed by atoms with Crippen LogP contribution in [0.4, 0.5) is 0 Å². The number of rotatable bonds is 3. The van der Waals surface area contributed by atoms with E-state index in [4.69, 9.17) is 0 Å². The number of aromatic nitrogens is 1. The zero-order chi connectivity index (χ0) is 9.10. The molecule has 1 saturated carbocycles. The Morgan fingerprint density at radius 1 is 1.54 bits per heavy atom. The highest BCUT2D eigenvalue weighted by Crippen LogP contribution is 2.18. The highest BCUT2D eigenvalue weighted by atomic mass is 79.9. The minimum absolute atomic E-state index is 0.600. The Balaban J connectivity index is 1.95. The third-order valence-electron chi connectivity index (χ3n) is 1.77. The van der Waals surface area contributed by atoms with Crippen LogP contribution in [0.2, 0.25) is 0 Å². The van der Waals surface area contributed by atoms with Gasteiger partial charge in [-0.25, -0.2) is 4.98 Å². The summed E-state index contributed by atoms with van der Waals surface area (Å²) in [5, 5.41) is 4.09. The molecule has 0 saturated heterocycles.